The van der Waals surface area contributed by atoms with E-state index in [4.69, 9.17) is 14.2 Å². The molecule has 1 heterocycles. The number of methoxy groups -OCH3 is 2. The lowest BCUT2D eigenvalue weighted by atomic mass is 9.96. The van der Waals surface area contributed by atoms with E-state index in [2.05, 4.69) is 0 Å². The van der Waals surface area contributed by atoms with Crippen molar-refractivity contribution in [1.29, 1.82) is 0 Å². The monoisotopic (exact) mass is 298 g/mol. The number of rotatable bonds is 4. The first kappa shape index (κ1) is 14.4. The van der Waals surface area contributed by atoms with E-state index in [1.54, 1.807) is 38.5 Å². The molecule has 4 nitrogen and oxygen atoms in total. The number of ketones is 1. The summed E-state index contributed by atoms with van der Waals surface area (Å²) in [6.45, 7) is 0. The molecule has 2 aromatic rings. The molecule has 0 saturated heterocycles. The summed E-state index contributed by atoms with van der Waals surface area (Å²) in [5, 5.41) is 0. The van der Waals surface area contributed by atoms with Crippen LogP contribution in [0.3, 0.4) is 0 Å². The number of aryl methyl sites for hydroxylation is 1. The fourth-order valence-corrected chi connectivity index (χ4v) is 2.62. The summed E-state index contributed by atoms with van der Waals surface area (Å²) >= 11 is 0. The molecule has 3 rings (SSSR count). The molecule has 4 heteroatoms. The van der Waals surface area contributed by atoms with Crippen molar-refractivity contribution in [3.8, 4) is 17.2 Å². The van der Waals surface area contributed by atoms with Gasteiger partial charge in [-0.1, -0.05) is 0 Å². The van der Waals surface area contributed by atoms with Crippen molar-refractivity contribution < 1.29 is 19.0 Å². The molecule has 1 aliphatic heterocycles. The molecule has 1 aliphatic rings. The lowest BCUT2D eigenvalue weighted by Gasteiger charge is -2.25. The van der Waals surface area contributed by atoms with Gasteiger partial charge >= 0.3 is 0 Å². The van der Waals surface area contributed by atoms with Gasteiger partial charge in [0.1, 0.15) is 17.2 Å². The highest BCUT2D eigenvalue weighted by Crippen LogP contribution is 2.32. The Labute approximate surface area is 129 Å². The van der Waals surface area contributed by atoms with Crippen LogP contribution in [0.4, 0.5) is 0 Å². The van der Waals surface area contributed by atoms with E-state index >= 15 is 0 Å². The van der Waals surface area contributed by atoms with Crippen LogP contribution in [0.2, 0.25) is 0 Å². The van der Waals surface area contributed by atoms with Crippen molar-refractivity contribution in [2.45, 2.75) is 18.9 Å². The number of Topliss-reactive ketones (excluding diaryl/α,β-unsaturated/α-hetero) is 1. The van der Waals surface area contributed by atoms with Gasteiger partial charge < -0.3 is 14.2 Å². The lowest BCUT2D eigenvalue weighted by Crippen LogP contribution is -2.31. The molecule has 0 saturated carbocycles. The Hall–Kier alpha value is -2.49. The molecule has 1 unspecified atom stereocenters. The van der Waals surface area contributed by atoms with E-state index < -0.39 is 6.10 Å². The first-order valence-corrected chi connectivity index (χ1v) is 7.23. The first-order chi connectivity index (χ1) is 10.7. The number of ether oxygens (including phenoxy) is 3. The predicted octanol–water partition coefficient (Wildman–Crippen LogP) is 3.28. The normalized spacial score (nSPS) is 16.4. The Morgan fingerprint density at radius 3 is 2.41 bits per heavy atom. The molecule has 0 fully saturated rings. The van der Waals surface area contributed by atoms with E-state index in [1.807, 2.05) is 18.2 Å². The van der Waals surface area contributed by atoms with E-state index in [0.717, 1.165) is 29.2 Å². The van der Waals surface area contributed by atoms with Crippen molar-refractivity contribution in [2.24, 2.45) is 0 Å². The van der Waals surface area contributed by atoms with Crippen LogP contribution in [-0.4, -0.2) is 26.1 Å². The van der Waals surface area contributed by atoms with Gasteiger partial charge in [0.15, 0.2) is 6.10 Å². The van der Waals surface area contributed by atoms with Crippen molar-refractivity contribution in [2.75, 3.05) is 14.2 Å². The van der Waals surface area contributed by atoms with Crippen LogP contribution in [0.15, 0.2) is 42.5 Å². The van der Waals surface area contributed by atoms with Crippen molar-refractivity contribution in [3.05, 3.63) is 53.6 Å². The van der Waals surface area contributed by atoms with Gasteiger partial charge in [-0.25, -0.2) is 0 Å². The Morgan fingerprint density at radius 1 is 1.05 bits per heavy atom. The molecule has 2 aromatic carbocycles. The quantitative estimate of drug-likeness (QED) is 0.813. The fraction of sp³-hybridized carbons (Fsp3) is 0.278. The lowest BCUT2D eigenvalue weighted by molar-refractivity contribution is 0.0756. The largest absolute Gasteiger partial charge is 0.497 e. The first-order valence-electron chi connectivity index (χ1n) is 7.23. The van der Waals surface area contributed by atoms with Crippen LogP contribution in [0.5, 0.6) is 17.2 Å². The highest BCUT2D eigenvalue weighted by Gasteiger charge is 2.27. The zero-order valence-electron chi connectivity index (χ0n) is 12.7. The fourth-order valence-electron chi connectivity index (χ4n) is 2.62. The summed E-state index contributed by atoms with van der Waals surface area (Å²) in [6, 6.07) is 12.8. The maximum atomic E-state index is 12.5. The number of carbonyl (C=O) groups excluding carboxylic acids is 1. The molecule has 0 amide bonds. The van der Waals surface area contributed by atoms with E-state index in [1.165, 1.54) is 0 Å². The minimum atomic E-state index is -0.436. The van der Waals surface area contributed by atoms with Crippen LogP contribution in [0, 0.1) is 0 Å². The van der Waals surface area contributed by atoms with Gasteiger partial charge in [-0.15, -0.1) is 0 Å². The summed E-state index contributed by atoms with van der Waals surface area (Å²) in [6.07, 6.45) is 1.04. The van der Waals surface area contributed by atoms with Gasteiger partial charge in [-0.3, -0.25) is 4.79 Å². The Balaban J connectivity index is 1.77. The van der Waals surface area contributed by atoms with Crippen LogP contribution in [-0.2, 0) is 6.42 Å². The third kappa shape index (κ3) is 2.77. The number of benzene rings is 2. The minimum absolute atomic E-state index is 0.00382. The summed E-state index contributed by atoms with van der Waals surface area (Å²) in [4.78, 5) is 12.5. The third-order valence-corrected chi connectivity index (χ3v) is 3.88. The molecule has 1 atom stereocenters. The summed E-state index contributed by atoms with van der Waals surface area (Å²) in [7, 11) is 3.24. The van der Waals surface area contributed by atoms with Gasteiger partial charge in [0.25, 0.3) is 0 Å². The zero-order chi connectivity index (χ0) is 15.5. The number of hydrogen-bond acceptors (Lipinski definition) is 4. The molecule has 22 heavy (non-hydrogen) atoms. The van der Waals surface area contributed by atoms with Crippen LogP contribution >= 0.6 is 0 Å². The van der Waals surface area contributed by atoms with E-state index in [-0.39, 0.29) is 5.78 Å². The van der Waals surface area contributed by atoms with E-state index in [9.17, 15) is 4.79 Å². The second kappa shape index (κ2) is 6.10. The molecule has 0 spiro atoms. The summed E-state index contributed by atoms with van der Waals surface area (Å²) in [5.74, 6) is 2.31. The molecular formula is C18H18O4. The minimum Gasteiger partial charge on any atom is -0.497 e. The van der Waals surface area contributed by atoms with Crippen molar-refractivity contribution in [1.82, 2.24) is 0 Å². The maximum Gasteiger partial charge on any atom is 0.203 e. The average Bonchev–Trinajstić information content (AvgIpc) is 2.60. The second-order valence-electron chi connectivity index (χ2n) is 5.21. The van der Waals surface area contributed by atoms with Gasteiger partial charge in [-0.2, -0.15) is 0 Å². The van der Waals surface area contributed by atoms with Crippen molar-refractivity contribution in [3.63, 3.8) is 0 Å². The Morgan fingerprint density at radius 2 is 1.73 bits per heavy atom. The van der Waals surface area contributed by atoms with Gasteiger partial charge in [0.2, 0.25) is 5.78 Å². The summed E-state index contributed by atoms with van der Waals surface area (Å²) in [5.41, 5.74) is 1.72. The van der Waals surface area contributed by atoms with Crippen LogP contribution < -0.4 is 14.2 Å². The number of fused-ring (bicyclic) bond motifs is 1. The van der Waals surface area contributed by atoms with Gasteiger partial charge in [0.05, 0.1) is 14.2 Å². The number of hydrogen-bond donors (Lipinski definition) is 0. The molecular weight excluding hydrogens is 280 g/mol. The number of carbonyl (C=O) groups is 1. The maximum absolute atomic E-state index is 12.5. The van der Waals surface area contributed by atoms with Crippen molar-refractivity contribution >= 4 is 5.78 Å². The molecule has 0 N–H and O–H groups in total. The summed E-state index contributed by atoms with van der Waals surface area (Å²) < 4.78 is 16.2. The predicted molar refractivity (Wildman–Crippen MR) is 83.1 cm³/mol. The molecule has 0 aromatic heterocycles. The SMILES string of the molecule is COc1ccc(C(=O)C2CCc3cc(OC)ccc3O2)cc1. The molecule has 0 radical (unpaired) electrons. The van der Waals surface area contributed by atoms with Crippen LogP contribution in [0.25, 0.3) is 0 Å². The molecule has 114 valence electrons. The van der Waals surface area contributed by atoms with Crippen LogP contribution in [0.1, 0.15) is 22.3 Å². The molecule has 0 aliphatic carbocycles. The standard InChI is InChI=1S/C18H18O4/c1-20-14-6-3-12(4-7-14)18(19)17-9-5-13-11-15(21-2)8-10-16(13)22-17/h3-4,6-8,10-11,17H,5,9H2,1-2H3. The van der Waals surface area contributed by atoms with Gasteiger partial charge in [-0.05, 0) is 60.9 Å². The average molecular weight is 298 g/mol. The Bertz CT molecular complexity index is 676. The second-order valence-corrected chi connectivity index (χ2v) is 5.21. The highest BCUT2D eigenvalue weighted by molar-refractivity contribution is 5.99. The van der Waals surface area contributed by atoms with E-state index in [0.29, 0.717) is 12.0 Å². The van der Waals surface area contributed by atoms with Gasteiger partial charge in [0, 0.05) is 5.56 Å². The third-order valence-electron chi connectivity index (χ3n) is 3.88. The molecule has 0 bridgehead atoms. The highest BCUT2D eigenvalue weighted by atomic mass is 16.5. The topological polar surface area (TPSA) is 44.8 Å². The smallest absolute Gasteiger partial charge is 0.203 e. The Kier molecular flexibility index (Phi) is 4.00. The zero-order valence-corrected chi connectivity index (χ0v) is 12.7.